The van der Waals surface area contributed by atoms with Crippen molar-refractivity contribution in [2.75, 3.05) is 32.7 Å². The fourth-order valence-electron chi connectivity index (χ4n) is 3.19. The number of aryl methyl sites for hydroxylation is 1. The summed E-state index contributed by atoms with van der Waals surface area (Å²) >= 11 is 0. The van der Waals surface area contributed by atoms with Crippen molar-refractivity contribution in [3.8, 4) is 0 Å². The number of nitrogens with one attached hydrogen (secondary N) is 2. The summed E-state index contributed by atoms with van der Waals surface area (Å²) in [6, 6.07) is 5.84. The van der Waals surface area contributed by atoms with Gasteiger partial charge in [0, 0.05) is 32.7 Å². The van der Waals surface area contributed by atoms with Gasteiger partial charge in [-0.15, -0.1) is 0 Å². The van der Waals surface area contributed by atoms with Crippen LogP contribution in [0.15, 0.2) is 18.2 Å². The quantitative estimate of drug-likeness (QED) is 0.869. The molecule has 3 amide bonds. The minimum atomic E-state index is -0.0444. The van der Waals surface area contributed by atoms with E-state index in [4.69, 9.17) is 0 Å². The van der Waals surface area contributed by atoms with Gasteiger partial charge in [0.1, 0.15) is 5.82 Å². The van der Waals surface area contributed by atoms with E-state index < -0.39 is 0 Å². The molecule has 0 aliphatic carbocycles. The first kappa shape index (κ1) is 19.2. The molecular formula is C20H29N5O2. The van der Waals surface area contributed by atoms with Gasteiger partial charge in [-0.2, -0.15) is 0 Å². The topological polar surface area (TPSA) is 81.3 Å². The monoisotopic (exact) mass is 371 g/mol. The number of benzene rings is 1. The van der Waals surface area contributed by atoms with E-state index in [0.717, 1.165) is 22.4 Å². The maximum absolute atomic E-state index is 12.6. The number of H-pyrrole nitrogens is 1. The lowest BCUT2D eigenvalue weighted by molar-refractivity contribution is -0.131. The van der Waals surface area contributed by atoms with E-state index in [9.17, 15) is 9.59 Å². The largest absolute Gasteiger partial charge is 0.342 e. The van der Waals surface area contributed by atoms with E-state index in [-0.39, 0.29) is 17.4 Å². The summed E-state index contributed by atoms with van der Waals surface area (Å²) in [5.74, 6) is 0.967. The molecule has 0 radical (unpaired) electrons. The van der Waals surface area contributed by atoms with E-state index in [0.29, 0.717) is 39.1 Å². The summed E-state index contributed by atoms with van der Waals surface area (Å²) < 4.78 is 0. The Hall–Kier alpha value is -2.57. The molecule has 0 saturated carbocycles. The number of piperazine rings is 1. The Morgan fingerprint density at radius 3 is 2.48 bits per heavy atom. The number of rotatable bonds is 3. The van der Waals surface area contributed by atoms with Gasteiger partial charge in [-0.3, -0.25) is 4.79 Å². The SMILES string of the molecule is Cc1nc2ccc(CC(=O)N3CCN(C(=O)NCC(C)(C)C)CC3)cc2[nH]1. The Bertz CT molecular complexity index is 828. The fraction of sp³-hybridized carbons (Fsp3) is 0.550. The zero-order valence-corrected chi connectivity index (χ0v) is 16.6. The van der Waals surface area contributed by atoms with Crippen LogP contribution < -0.4 is 5.32 Å². The Morgan fingerprint density at radius 1 is 1.15 bits per heavy atom. The first-order valence-corrected chi connectivity index (χ1v) is 9.47. The van der Waals surface area contributed by atoms with Gasteiger partial charge in [-0.25, -0.2) is 9.78 Å². The zero-order chi connectivity index (χ0) is 19.6. The number of imidazole rings is 1. The summed E-state index contributed by atoms with van der Waals surface area (Å²) in [6.07, 6.45) is 0.365. The summed E-state index contributed by atoms with van der Waals surface area (Å²) in [5.41, 5.74) is 2.90. The van der Waals surface area contributed by atoms with Crippen LogP contribution in [-0.4, -0.2) is 64.4 Å². The minimum absolute atomic E-state index is 0.0444. The van der Waals surface area contributed by atoms with Crippen LogP contribution in [0.3, 0.4) is 0 Å². The molecule has 1 aromatic carbocycles. The smallest absolute Gasteiger partial charge is 0.317 e. The van der Waals surface area contributed by atoms with Gasteiger partial charge in [0.15, 0.2) is 0 Å². The highest BCUT2D eigenvalue weighted by atomic mass is 16.2. The first-order valence-electron chi connectivity index (χ1n) is 9.47. The molecule has 1 aromatic heterocycles. The van der Waals surface area contributed by atoms with E-state index >= 15 is 0 Å². The summed E-state index contributed by atoms with van der Waals surface area (Å²) in [5, 5.41) is 2.97. The molecule has 0 bridgehead atoms. The highest BCUT2D eigenvalue weighted by Crippen LogP contribution is 2.15. The van der Waals surface area contributed by atoms with Crippen molar-refractivity contribution in [1.29, 1.82) is 0 Å². The average Bonchev–Trinajstić information content (AvgIpc) is 2.98. The lowest BCUT2D eigenvalue weighted by atomic mass is 9.97. The number of nitrogens with zero attached hydrogens (tertiary/aromatic N) is 3. The number of hydrogen-bond acceptors (Lipinski definition) is 3. The van der Waals surface area contributed by atoms with Crippen molar-refractivity contribution in [3.63, 3.8) is 0 Å². The highest BCUT2D eigenvalue weighted by Gasteiger charge is 2.25. The molecule has 3 rings (SSSR count). The number of aromatic amines is 1. The molecule has 7 heteroatoms. The number of carbonyl (C=O) groups excluding carboxylic acids is 2. The van der Waals surface area contributed by atoms with E-state index in [1.54, 1.807) is 4.90 Å². The van der Waals surface area contributed by atoms with Crippen LogP contribution in [-0.2, 0) is 11.2 Å². The second-order valence-electron chi connectivity index (χ2n) is 8.44. The molecular weight excluding hydrogens is 342 g/mol. The van der Waals surface area contributed by atoms with Gasteiger partial charge in [0.25, 0.3) is 0 Å². The Labute approximate surface area is 160 Å². The number of hydrogen-bond donors (Lipinski definition) is 2. The maximum Gasteiger partial charge on any atom is 0.317 e. The van der Waals surface area contributed by atoms with Crippen LogP contribution >= 0.6 is 0 Å². The second kappa shape index (κ2) is 7.58. The van der Waals surface area contributed by atoms with Crippen LogP contribution in [0.1, 0.15) is 32.2 Å². The van der Waals surface area contributed by atoms with Crippen molar-refractivity contribution < 1.29 is 9.59 Å². The number of aromatic nitrogens is 2. The molecule has 2 aromatic rings. The molecule has 27 heavy (non-hydrogen) atoms. The summed E-state index contributed by atoms with van der Waals surface area (Å²) in [7, 11) is 0. The van der Waals surface area contributed by atoms with Gasteiger partial charge < -0.3 is 20.1 Å². The predicted molar refractivity (Wildman–Crippen MR) is 106 cm³/mol. The van der Waals surface area contributed by atoms with Gasteiger partial charge >= 0.3 is 6.03 Å². The normalized spacial score (nSPS) is 15.3. The molecule has 0 spiro atoms. The molecule has 146 valence electrons. The number of fused-ring (bicyclic) bond motifs is 1. The summed E-state index contributed by atoms with van der Waals surface area (Å²) in [4.78, 5) is 36.1. The van der Waals surface area contributed by atoms with Crippen LogP contribution in [0.4, 0.5) is 4.79 Å². The van der Waals surface area contributed by atoms with E-state index in [2.05, 4.69) is 36.1 Å². The molecule has 1 saturated heterocycles. The van der Waals surface area contributed by atoms with Gasteiger partial charge in [0.05, 0.1) is 17.5 Å². The predicted octanol–water partition coefficient (Wildman–Crippen LogP) is 2.31. The fourth-order valence-corrected chi connectivity index (χ4v) is 3.19. The molecule has 2 N–H and O–H groups in total. The van der Waals surface area contributed by atoms with Crippen molar-refractivity contribution in [3.05, 3.63) is 29.6 Å². The summed E-state index contributed by atoms with van der Waals surface area (Å²) in [6.45, 7) is 11.1. The third-order valence-corrected chi connectivity index (χ3v) is 4.71. The van der Waals surface area contributed by atoms with Crippen molar-refractivity contribution >= 4 is 23.0 Å². The van der Waals surface area contributed by atoms with Crippen molar-refractivity contribution in [1.82, 2.24) is 25.1 Å². The van der Waals surface area contributed by atoms with Crippen LogP contribution in [0, 0.1) is 12.3 Å². The minimum Gasteiger partial charge on any atom is -0.342 e. The van der Waals surface area contributed by atoms with E-state index in [1.807, 2.05) is 30.0 Å². The lowest BCUT2D eigenvalue weighted by Crippen LogP contribution is -2.54. The first-order chi connectivity index (χ1) is 12.7. The second-order valence-corrected chi connectivity index (χ2v) is 8.44. The molecule has 2 heterocycles. The van der Waals surface area contributed by atoms with Crippen LogP contribution in [0.25, 0.3) is 11.0 Å². The molecule has 1 fully saturated rings. The van der Waals surface area contributed by atoms with Crippen LogP contribution in [0.5, 0.6) is 0 Å². The molecule has 7 nitrogen and oxygen atoms in total. The van der Waals surface area contributed by atoms with E-state index in [1.165, 1.54) is 0 Å². The Balaban J connectivity index is 1.51. The van der Waals surface area contributed by atoms with Gasteiger partial charge in [-0.1, -0.05) is 26.8 Å². The average molecular weight is 371 g/mol. The third-order valence-electron chi connectivity index (χ3n) is 4.71. The van der Waals surface area contributed by atoms with Gasteiger partial charge in [0.2, 0.25) is 5.91 Å². The lowest BCUT2D eigenvalue weighted by Gasteiger charge is -2.35. The Kier molecular flexibility index (Phi) is 5.39. The standard InChI is InChI=1S/C20H29N5O2/c1-14-22-16-6-5-15(11-17(16)23-14)12-18(26)24-7-9-25(10-8-24)19(27)21-13-20(2,3)4/h5-6,11H,7-10,12-13H2,1-4H3,(H,21,27)(H,22,23). The molecule has 0 unspecified atom stereocenters. The maximum atomic E-state index is 12.6. The Morgan fingerprint density at radius 2 is 1.81 bits per heavy atom. The number of urea groups is 1. The number of carbonyl (C=O) groups is 2. The van der Waals surface area contributed by atoms with Crippen LogP contribution in [0.2, 0.25) is 0 Å². The number of amides is 3. The van der Waals surface area contributed by atoms with Crippen molar-refractivity contribution in [2.45, 2.75) is 34.1 Å². The molecule has 1 aliphatic heterocycles. The van der Waals surface area contributed by atoms with Gasteiger partial charge in [-0.05, 0) is 30.0 Å². The van der Waals surface area contributed by atoms with Crippen molar-refractivity contribution in [2.24, 2.45) is 5.41 Å². The third kappa shape index (κ3) is 4.99. The molecule has 1 aliphatic rings. The highest BCUT2D eigenvalue weighted by molar-refractivity contribution is 5.82. The zero-order valence-electron chi connectivity index (χ0n) is 16.6. The molecule has 0 atom stereocenters.